The highest BCUT2D eigenvalue weighted by Gasteiger charge is 2.27. The van der Waals surface area contributed by atoms with Gasteiger partial charge in [0.1, 0.15) is 0 Å². The second-order valence-corrected chi connectivity index (χ2v) is 9.03. The highest BCUT2D eigenvalue weighted by molar-refractivity contribution is 7.89. The maximum absolute atomic E-state index is 13.1. The Morgan fingerprint density at radius 2 is 1.86 bits per heavy atom. The fraction of sp³-hybridized carbons (Fsp3) is 0.350. The third-order valence-electron chi connectivity index (χ3n) is 4.52. The van der Waals surface area contributed by atoms with Crippen molar-refractivity contribution in [3.63, 3.8) is 0 Å². The van der Waals surface area contributed by atoms with Crippen LogP contribution in [0.25, 0.3) is 0 Å². The van der Waals surface area contributed by atoms with Gasteiger partial charge in [-0.3, -0.25) is 4.79 Å². The Labute approximate surface area is 170 Å². The number of carbonyl (C=O) groups is 1. The lowest BCUT2D eigenvalue weighted by Gasteiger charge is -2.22. The SMILES string of the molecule is O=C(CN(Cc1ccccc1)S(=O)(=O)c1ccc(Cl)cc1)NC[C@H]1CCCO1. The van der Waals surface area contributed by atoms with Gasteiger partial charge in [-0.25, -0.2) is 8.42 Å². The summed E-state index contributed by atoms with van der Waals surface area (Å²) in [5.41, 5.74) is 0.798. The monoisotopic (exact) mass is 422 g/mol. The predicted molar refractivity (Wildman–Crippen MR) is 107 cm³/mol. The average Bonchev–Trinajstić information content (AvgIpc) is 3.21. The van der Waals surface area contributed by atoms with Crippen molar-refractivity contribution in [3.05, 3.63) is 65.2 Å². The summed E-state index contributed by atoms with van der Waals surface area (Å²) in [7, 11) is -3.87. The van der Waals surface area contributed by atoms with Crippen LogP contribution in [0.4, 0.5) is 0 Å². The summed E-state index contributed by atoms with van der Waals surface area (Å²) in [5.74, 6) is -0.357. The lowest BCUT2D eigenvalue weighted by atomic mass is 10.2. The number of carbonyl (C=O) groups excluding carboxylic acids is 1. The molecule has 8 heteroatoms. The van der Waals surface area contributed by atoms with E-state index in [4.69, 9.17) is 16.3 Å². The van der Waals surface area contributed by atoms with Gasteiger partial charge in [-0.1, -0.05) is 41.9 Å². The molecule has 2 aromatic rings. The molecule has 1 fully saturated rings. The highest BCUT2D eigenvalue weighted by atomic mass is 35.5. The number of hydrogen-bond donors (Lipinski definition) is 1. The Hall–Kier alpha value is -1.93. The summed E-state index contributed by atoms with van der Waals surface area (Å²) in [5, 5.41) is 3.23. The third-order valence-corrected chi connectivity index (χ3v) is 6.58. The van der Waals surface area contributed by atoms with Gasteiger partial charge in [0.25, 0.3) is 0 Å². The summed E-state index contributed by atoms with van der Waals surface area (Å²) in [4.78, 5) is 12.5. The van der Waals surface area contributed by atoms with Gasteiger partial charge in [0.05, 0.1) is 17.5 Å². The van der Waals surface area contributed by atoms with E-state index in [0.29, 0.717) is 18.2 Å². The van der Waals surface area contributed by atoms with E-state index in [1.165, 1.54) is 28.6 Å². The van der Waals surface area contributed by atoms with E-state index in [0.717, 1.165) is 18.4 Å². The number of halogens is 1. The summed E-state index contributed by atoms with van der Waals surface area (Å²) >= 11 is 5.87. The molecule has 1 saturated heterocycles. The third kappa shape index (κ3) is 5.54. The van der Waals surface area contributed by atoms with Gasteiger partial charge < -0.3 is 10.1 Å². The maximum atomic E-state index is 13.1. The molecule has 2 aromatic carbocycles. The number of hydrogen-bond acceptors (Lipinski definition) is 4. The van der Waals surface area contributed by atoms with E-state index in [1.54, 1.807) is 0 Å². The lowest BCUT2D eigenvalue weighted by molar-refractivity contribution is -0.121. The van der Waals surface area contributed by atoms with Gasteiger partial charge in [0, 0.05) is 24.7 Å². The van der Waals surface area contributed by atoms with Crippen molar-refractivity contribution in [3.8, 4) is 0 Å². The molecule has 1 heterocycles. The number of benzene rings is 2. The van der Waals surface area contributed by atoms with Crippen molar-refractivity contribution >= 4 is 27.5 Å². The molecule has 0 bridgehead atoms. The molecular formula is C20H23ClN2O4S. The number of ether oxygens (including phenoxy) is 1. The number of nitrogens with zero attached hydrogens (tertiary/aromatic N) is 1. The number of amides is 1. The van der Waals surface area contributed by atoms with Crippen LogP contribution in [-0.2, 0) is 26.1 Å². The largest absolute Gasteiger partial charge is 0.376 e. The van der Waals surface area contributed by atoms with Crippen molar-refractivity contribution < 1.29 is 17.9 Å². The van der Waals surface area contributed by atoms with E-state index in [-0.39, 0.29) is 30.0 Å². The smallest absolute Gasteiger partial charge is 0.243 e. The van der Waals surface area contributed by atoms with Crippen LogP contribution in [0.1, 0.15) is 18.4 Å². The molecule has 0 unspecified atom stereocenters. The molecule has 1 aliphatic rings. The molecular weight excluding hydrogens is 400 g/mol. The quantitative estimate of drug-likeness (QED) is 0.709. The molecule has 3 rings (SSSR count). The second kappa shape index (κ2) is 9.52. The molecule has 0 aromatic heterocycles. The first kappa shape index (κ1) is 20.8. The van der Waals surface area contributed by atoms with E-state index in [2.05, 4.69) is 5.32 Å². The lowest BCUT2D eigenvalue weighted by Crippen LogP contribution is -2.42. The van der Waals surface area contributed by atoms with Crippen LogP contribution in [0.3, 0.4) is 0 Å². The van der Waals surface area contributed by atoms with Gasteiger partial charge in [0.2, 0.25) is 15.9 Å². The normalized spacial score (nSPS) is 17.0. The number of nitrogens with one attached hydrogen (secondary N) is 1. The molecule has 0 saturated carbocycles. The Morgan fingerprint density at radius 1 is 1.14 bits per heavy atom. The van der Waals surface area contributed by atoms with Gasteiger partial charge in [-0.15, -0.1) is 0 Å². The molecule has 1 atom stereocenters. The van der Waals surface area contributed by atoms with Crippen molar-refractivity contribution in [2.24, 2.45) is 0 Å². The fourth-order valence-corrected chi connectivity index (χ4v) is 4.53. The molecule has 150 valence electrons. The molecule has 1 N–H and O–H groups in total. The van der Waals surface area contributed by atoms with Gasteiger partial charge in [-0.05, 0) is 42.7 Å². The standard InChI is InChI=1S/C20H23ClN2O4S/c21-17-8-10-19(11-9-17)28(25,26)23(14-16-5-2-1-3-6-16)15-20(24)22-13-18-7-4-12-27-18/h1-3,5-6,8-11,18H,4,7,12-15H2,(H,22,24)/t18-/m1/s1. The molecule has 28 heavy (non-hydrogen) atoms. The van der Waals surface area contributed by atoms with Crippen LogP contribution >= 0.6 is 11.6 Å². The van der Waals surface area contributed by atoms with Crippen molar-refractivity contribution in [2.45, 2.75) is 30.4 Å². The first-order chi connectivity index (χ1) is 13.4. The Kier molecular flexibility index (Phi) is 7.07. The number of sulfonamides is 1. The van der Waals surface area contributed by atoms with Crippen LogP contribution in [0.15, 0.2) is 59.5 Å². The van der Waals surface area contributed by atoms with E-state index < -0.39 is 10.0 Å². The van der Waals surface area contributed by atoms with Gasteiger partial charge >= 0.3 is 0 Å². The van der Waals surface area contributed by atoms with E-state index >= 15 is 0 Å². The van der Waals surface area contributed by atoms with Crippen molar-refractivity contribution in [1.29, 1.82) is 0 Å². The van der Waals surface area contributed by atoms with Crippen LogP contribution in [-0.4, -0.2) is 44.4 Å². The molecule has 1 aliphatic heterocycles. The predicted octanol–water partition coefficient (Wildman–Crippen LogP) is 2.83. The molecule has 1 amide bonds. The zero-order valence-corrected chi connectivity index (χ0v) is 17.0. The zero-order valence-electron chi connectivity index (χ0n) is 15.4. The fourth-order valence-electron chi connectivity index (χ4n) is 3.02. The minimum atomic E-state index is -3.87. The van der Waals surface area contributed by atoms with Crippen LogP contribution in [0.5, 0.6) is 0 Å². The van der Waals surface area contributed by atoms with Gasteiger partial charge in [0.15, 0.2) is 0 Å². The van der Waals surface area contributed by atoms with Gasteiger partial charge in [-0.2, -0.15) is 4.31 Å². The summed E-state index contributed by atoms with van der Waals surface area (Å²) in [6.45, 7) is 0.913. The van der Waals surface area contributed by atoms with Crippen LogP contribution in [0.2, 0.25) is 5.02 Å². The van der Waals surface area contributed by atoms with E-state index in [9.17, 15) is 13.2 Å². The molecule has 0 aliphatic carbocycles. The summed E-state index contributed by atoms with van der Waals surface area (Å²) < 4.78 is 32.9. The Balaban J connectivity index is 1.75. The first-order valence-corrected chi connectivity index (χ1v) is 10.9. The molecule has 0 spiro atoms. The van der Waals surface area contributed by atoms with Crippen LogP contribution in [0, 0.1) is 0 Å². The second-order valence-electron chi connectivity index (χ2n) is 6.65. The van der Waals surface area contributed by atoms with E-state index in [1.807, 2.05) is 30.3 Å². The average molecular weight is 423 g/mol. The van der Waals surface area contributed by atoms with Crippen LogP contribution < -0.4 is 5.32 Å². The first-order valence-electron chi connectivity index (χ1n) is 9.13. The summed E-state index contributed by atoms with van der Waals surface area (Å²) in [6.07, 6.45) is 1.88. The topological polar surface area (TPSA) is 75.7 Å². The Bertz CT molecular complexity index is 882. The summed E-state index contributed by atoms with van der Waals surface area (Å²) in [6, 6.07) is 15.1. The highest BCUT2D eigenvalue weighted by Crippen LogP contribution is 2.20. The minimum absolute atomic E-state index is 0.000560. The Morgan fingerprint density at radius 3 is 2.50 bits per heavy atom. The molecule has 0 radical (unpaired) electrons. The van der Waals surface area contributed by atoms with Crippen molar-refractivity contribution in [1.82, 2.24) is 9.62 Å². The maximum Gasteiger partial charge on any atom is 0.243 e. The molecule has 6 nitrogen and oxygen atoms in total. The minimum Gasteiger partial charge on any atom is -0.376 e. The van der Waals surface area contributed by atoms with Crippen molar-refractivity contribution in [2.75, 3.05) is 19.7 Å². The number of rotatable bonds is 8. The zero-order chi connectivity index (χ0) is 20.0.